The first-order chi connectivity index (χ1) is 9.51. The molecule has 1 atom stereocenters. The Morgan fingerprint density at radius 2 is 1.90 bits per heavy atom. The van der Waals surface area contributed by atoms with Gasteiger partial charge in [-0.3, -0.25) is 0 Å². The van der Waals surface area contributed by atoms with Gasteiger partial charge >= 0.3 is 0 Å². The summed E-state index contributed by atoms with van der Waals surface area (Å²) in [6.07, 6.45) is 0. The molecule has 0 amide bonds. The first-order valence-corrected chi connectivity index (χ1v) is 7.19. The maximum absolute atomic E-state index is 12.9. The molecule has 4 heteroatoms. The Kier molecular flexibility index (Phi) is 4.41. The van der Waals surface area contributed by atoms with Crippen LogP contribution >= 0.6 is 11.8 Å². The molecule has 0 N–H and O–H groups in total. The third-order valence-corrected chi connectivity index (χ3v) is 4.20. The van der Waals surface area contributed by atoms with Gasteiger partial charge in [0.1, 0.15) is 16.9 Å². The van der Waals surface area contributed by atoms with Crippen molar-refractivity contribution in [2.75, 3.05) is 0 Å². The summed E-state index contributed by atoms with van der Waals surface area (Å²) in [6.45, 7) is 5.86. The summed E-state index contributed by atoms with van der Waals surface area (Å²) in [5, 5.41) is 10.1. The van der Waals surface area contributed by atoms with Crippen LogP contribution in [0.4, 0.5) is 4.39 Å². The predicted octanol–water partition coefficient (Wildman–Crippen LogP) is 4.56. The van der Waals surface area contributed by atoms with Gasteiger partial charge in [0.05, 0.1) is 5.56 Å². The van der Waals surface area contributed by atoms with Crippen molar-refractivity contribution in [3.8, 4) is 6.07 Å². The highest BCUT2D eigenvalue weighted by Crippen LogP contribution is 2.36. The van der Waals surface area contributed by atoms with Crippen LogP contribution in [0.5, 0.6) is 0 Å². The lowest BCUT2D eigenvalue weighted by molar-refractivity contribution is 0.627. The second kappa shape index (κ2) is 6.06. The number of pyridine rings is 1. The van der Waals surface area contributed by atoms with E-state index in [2.05, 4.69) is 11.1 Å². The van der Waals surface area contributed by atoms with Crippen molar-refractivity contribution in [2.24, 2.45) is 0 Å². The quantitative estimate of drug-likeness (QED) is 0.776. The van der Waals surface area contributed by atoms with Crippen molar-refractivity contribution in [3.05, 3.63) is 58.5 Å². The predicted molar refractivity (Wildman–Crippen MR) is 79.1 cm³/mol. The van der Waals surface area contributed by atoms with E-state index in [1.807, 2.05) is 26.8 Å². The standard InChI is InChI=1S/C16H15FN2S/c1-10-8-11(2)19-16(15(10)9-18)20-12(3)13-4-6-14(17)7-5-13/h4-8,12H,1-3H3. The number of aryl methyl sites for hydroxylation is 2. The topological polar surface area (TPSA) is 36.7 Å². The van der Waals surface area contributed by atoms with Crippen LogP contribution in [0.25, 0.3) is 0 Å². The van der Waals surface area contributed by atoms with Gasteiger partial charge in [0, 0.05) is 10.9 Å². The fourth-order valence-electron chi connectivity index (χ4n) is 1.99. The minimum Gasteiger partial charge on any atom is -0.245 e. The summed E-state index contributed by atoms with van der Waals surface area (Å²) in [7, 11) is 0. The molecule has 0 radical (unpaired) electrons. The van der Waals surface area contributed by atoms with Crippen molar-refractivity contribution in [1.29, 1.82) is 5.26 Å². The normalized spacial score (nSPS) is 11.9. The van der Waals surface area contributed by atoms with E-state index in [0.717, 1.165) is 21.8 Å². The van der Waals surface area contributed by atoms with Crippen LogP contribution in [0.3, 0.4) is 0 Å². The number of aromatic nitrogens is 1. The van der Waals surface area contributed by atoms with Crippen LogP contribution in [0.15, 0.2) is 35.4 Å². The molecule has 0 saturated heterocycles. The van der Waals surface area contributed by atoms with Gasteiger partial charge in [-0.05, 0) is 50.1 Å². The summed E-state index contributed by atoms with van der Waals surface area (Å²) < 4.78 is 12.9. The van der Waals surface area contributed by atoms with Gasteiger partial charge in [-0.15, -0.1) is 0 Å². The Labute approximate surface area is 122 Å². The average molecular weight is 286 g/mol. The molecule has 0 aliphatic rings. The third kappa shape index (κ3) is 3.17. The van der Waals surface area contributed by atoms with Gasteiger partial charge in [-0.1, -0.05) is 23.9 Å². The van der Waals surface area contributed by atoms with E-state index < -0.39 is 0 Å². The molecule has 1 heterocycles. The number of halogens is 1. The zero-order valence-corrected chi connectivity index (χ0v) is 12.5. The molecule has 1 aromatic heterocycles. The Hall–Kier alpha value is -1.86. The number of nitriles is 1. The van der Waals surface area contributed by atoms with Crippen LogP contribution in [0.1, 0.15) is 34.6 Å². The van der Waals surface area contributed by atoms with Crippen molar-refractivity contribution in [2.45, 2.75) is 31.0 Å². The highest BCUT2D eigenvalue weighted by Gasteiger charge is 2.14. The zero-order chi connectivity index (χ0) is 14.7. The summed E-state index contributed by atoms with van der Waals surface area (Å²) >= 11 is 1.53. The van der Waals surface area contributed by atoms with Gasteiger partial charge in [0.2, 0.25) is 0 Å². The molecule has 2 aromatic rings. The van der Waals surface area contributed by atoms with Crippen LogP contribution in [0, 0.1) is 31.0 Å². The van der Waals surface area contributed by atoms with Gasteiger partial charge in [-0.25, -0.2) is 9.37 Å². The van der Waals surface area contributed by atoms with E-state index in [0.29, 0.717) is 5.56 Å². The Morgan fingerprint density at radius 1 is 1.25 bits per heavy atom. The molecule has 0 saturated carbocycles. The van der Waals surface area contributed by atoms with Crippen LogP contribution in [0.2, 0.25) is 0 Å². The Bertz CT molecular complexity index is 659. The van der Waals surface area contributed by atoms with Crippen LogP contribution < -0.4 is 0 Å². The molecule has 2 nitrogen and oxygen atoms in total. The molecule has 102 valence electrons. The Morgan fingerprint density at radius 3 is 2.50 bits per heavy atom. The minimum absolute atomic E-state index is 0.108. The first-order valence-electron chi connectivity index (χ1n) is 6.31. The van der Waals surface area contributed by atoms with E-state index in [9.17, 15) is 9.65 Å². The average Bonchev–Trinajstić information content (AvgIpc) is 2.39. The van der Waals surface area contributed by atoms with E-state index in [1.54, 1.807) is 12.1 Å². The van der Waals surface area contributed by atoms with Gasteiger partial charge in [0.25, 0.3) is 0 Å². The van der Waals surface area contributed by atoms with Gasteiger partial charge in [-0.2, -0.15) is 5.26 Å². The number of thioether (sulfide) groups is 1. The molecular weight excluding hydrogens is 271 g/mol. The second-order valence-corrected chi connectivity index (χ2v) is 6.01. The number of nitrogens with zero attached hydrogens (tertiary/aromatic N) is 2. The molecule has 0 fully saturated rings. The number of rotatable bonds is 3. The number of benzene rings is 1. The summed E-state index contributed by atoms with van der Waals surface area (Å²) in [6, 6.07) is 10.6. The van der Waals surface area contributed by atoms with Crippen molar-refractivity contribution in [3.63, 3.8) is 0 Å². The lowest BCUT2D eigenvalue weighted by atomic mass is 10.1. The smallest absolute Gasteiger partial charge is 0.123 e. The second-order valence-electron chi connectivity index (χ2n) is 4.68. The number of hydrogen-bond donors (Lipinski definition) is 0. The van der Waals surface area contributed by atoms with Crippen molar-refractivity contribution >= 4 is 11.8 Å². The molecule has 1 aromatic carbocycles. The molecule has 0 bridgehead atoms. The van der Waals surface area contributed by atoms with E-state index in [1.165, 1.54) is 23.9 Å². The lowest BCUT2D eigenvalue weighted by Gasteiger charge is -2.13. The molecule has 2 rings (SSSR count). The van der Waals surface area contributed by atoms with Crippen LogP contribution in [-0.2, 0) is 0 Å². The highest BCUT2D eigenvalue weighted by molar-refractivity contribution is 7.99. The minimum atomic E-state index is -0.242. The van der Waals surface area contributed by atoms with Crippen molar-refractivity contribution in [1.82, 2.24) is 4.98 Å². The highest BCUT2D eigenvalue weighted by atomic mass is 32.2. The molecule has 20 heavy (non-hydrogen) atoms. The molecular formula is C16H15FN2S. The van der Waals surface area contributed by atoms with E-state index in [-0.39, 0.29) is 11.1 Å². The maximum Gasteiger partial charge on any atom is 0.123 e. The van der Waals surface area contributed by atoms with E-state index in [4.69, 9.17) is 0 Å². The largest absolute Gasteiger partial charge is 0.245 e. The monoisotopic (exact) mass is 286 g/mol. The van der Waals surface area contributed by atoms with E-state index >= 15 is 0 Å². The van der Waals surface area contributed by atoms with Crippen LogP contribution in [-0.4, -0.2) is 4.98 Å². The summed E-state index contributed by atoms with van der Waals surface area (Å²) in [5.74, 6) is -0.242. The van der Waals surface area contributed by atoms with Gasteiger partial charge in [0.15, 0.2) is 0 Å². The van der Waals surface area contributed by atoms with Crippen molar-refractivity contribution < 1.29 is 4.39 Å². The van der Waals surface area contributed by atoms with Gasteiger partial charge < -0.3 is 0 Å². The molecule has 1 unspecified atom stereocenters. The summed E-state index contributed by atoms with van der Waals surface area (Å²) in [4.78, 5) is 4.45. The SMILES string of the molecule is Cc1cc(C)c(C#N)c(SC(C)c2ccc(F)cc2)n1. The third-order valence-electron chi connectivity index (χ3n) is 3.05. The molecule has 0 aliphatic carbocycles. The Balaban J connectivity index is 2.30. The summed E-state index contributed by atoms with van der Waals surface area (Å²) in [5.41, 5.74) is 3.47. The maximum atomic E-state index is 12.9. The fraction of sp³-hybridized carbons (Fsp3) is 0.250. The molecule has 0 aliphatic heterocycles. The molecule has 0 spiro atoms. The fourth-order valence-corrected chi connectivity index (χ4v) is 3.14. The lowest BCUT2D eigenvalue weighted by Crippen LogP contribution is -1.97. The number of hydrogen-bond acceptors (Lipinski definition) is 3. The first kappa shape index (κ1) is 14.5. The zero-order valence-electron chi connectivity index (χ0n) is 11.6.